The Morgan fingerprint density at radius 3 is 2.38 bits per heavy atom. The van der Waals surface area contributed by atoms with Crippen LogP contribution >= 0.6 is 11.6 Å². The maximum absolute atomic E-state index is 12.5. The second kappa shape index (κ2) is 7.14. The van der Waals surface area contributed by atoms with Crippen LogP contribution in [0.5, 0.6) is 0 Å². The summed E-state index contributed by atoms with van der Waals surface area (Å²) in [5, 5.41) is 3.66. The summed E-state index contributed by atoms with van der Waals surface area (Å²) in [6, 6.07) is 13.8. The molecule has 0 aromatic heterocycles. The van der Waals surface area contributed by atoms with Gasteiger partial charge in [-0.25, -0.2) is 4.79 Å². The first-order chi connectivity index (χ1) is 11.5. The zero-order valence-electron chi connectivity index (χ0n) is 14.1. The molecule has 5 heteroatoms. The van der Waals surface area contributed by atoms with Gasteiger partial charge in [-0.1, -0.05) is 29.8 Å². The average Bonchev–Trinajstić information content (AvgIpc) is 2.58. The van der Waals surface area contributed by atoms with Crippen LogP contribution in [0.3, 0.4) is 0 Å². The minimum Gasteiger partial charge on any atom is -0.368 e. The van der Waals surface area contributed by atoms with E-state index in [1.807, 2.05) is 24.0 Å². The van der Waals surface area contributed by atoms with Crippen molar-refractivity contribution in [1.29, 1.82) is 0 Å². The molecule has 3 rings (SSSR count). The second-order valence-electron chi connectivity index (χ2n) is 6.15. The van der Waals surface area contributed by atoms with Gasteiger partial charge in [0, 0.05) is 42.6 Å². The molecule has 0 radical (unpaired) electrons. The Labute approximate surface area is 148 Å². The van der Waals surface area contributed by atoms with E-state index in [1.54, 1.807) is 6.07 Å². The molecule has 2 amide bonds. The lowest BCUT2D eigenvalue weighted by Crippen LogP contribution is -2.50. The first kappa shape index (κ1) is 16.7. The molecule has 1 N–H and O–H groups in total. The van der Waals surface area contributed by atoms with Crippen molar-refractivity contribution in [3.8, 4) is 0 Å². The largest absolute Gasteiger partial charge is 0.368 e. The number of amides is 2. The molecule has 0 unspecified atom stereocenters. The van der Waals surface area contributed by atoms with Gasteiger partial charge in [0.05, 0.1) is 0 Å². The number of halogens is 1. The van der Waals surface area contributed by atoms with E-state index in [1.165, 1.54) is 11.3 Å². The Morgan fingerprint density at radius 1 is 1.00 bits per heavy atom. The predicted molar refractivity (Wildman–Crippen MR) is 100 cm³/mol. The van der Waals surface area contributed by atoms with Crippen molar-refractivity contribution in [2.75, 3.05) is 36.4 Å². The van der Waals surface area contributed by atoms with Crippen LogP contribution in [0.1, 0.15) is 11.1 Å². The highest BCUT2D eigenvalue weighted by atomic mass is 35.5. The Morgan fingerprint density at radius 2 is 1.71 bits per heavy atom. The number of hydrogen-bond acceptors (Lipinski definition) is 2. The molecular formula is C19H22ClN3O. The van der Waals surface area contributed by atoms with Gasteiger partial charge in [0.25, 0.3) is 0 Å². The number of carbonyl (C=O) groups is 1. The fraction of sp³-hybridized carbons (Fsp3) is 0.316. The van der Waals surface area contributed by atoms with Gasteiger partial charge in [0.15, 0.2) is 0 Å². The maximum Gasteiger partial charge on any atom is 0.321 e. The number of piperazine rings is 1. The first-order valence-corrected chi connectivity index (χ1v) is 8.55. The van der Waals surface area contributed by atoms with Crippen LogP contribution in [0.25, 0.3) is 0 Å². The molecule has 1 aliphatic rings. The van der Waals surface area contributed by atoms with Crippen molar-refractivity contribution < 1.29 is 4.79 Å². The number of benzene rings is 2. The van der Waals surface area contributed by atoms with Crippen LogP contribution in [0.15, 0.2) is 42.5 Å². The zero-order chi connectivity index (χ0) is 17.1. The summed E-state index contributed by atoms with van der Waals surface area (Å²) in [6.45, 7) is 7.19. The molecule has 2 aromatic carbocycles. The Bertz CT molecular complexity index is 739. The highest BCUT2D eigenvalue weighted by molar-refractivity contribution is 6.30. The van der Waals surface area contributed by atoms with E-state index in [4.69, 9.17) is 11.6 Å². The quantitative estimate of drug-likeness (QED) is 0.881. The van der Waals surface area contributed by atoms with Crippen LogP contribution < -0.4 is 10.2 Å². The van der Waals surface area contributed by atoms with Crippen LogP contribution in [0.2, 0.25) is 5.02 Å². The third-order valence-corrected chi connectivity index (χ3v) is 4.69. The summed E-state index contributed by atoms with van der Waals surface area (Å²) in [5.41, 5.74) is 4.30. The molecule has 1 fully saturated rings. The molecule has 1 heterocycles. The summed E-state index contributed by atoms with van der Waals surface area (Å²) in [5.74, 6) is 0. The van der Waals surface area contributed by atoms with Gasteiger partial charge in [-0.15, -0.1) is 0 Å². The van der Waals surface area contributed by atoms with Crippen molar-refractivity contribution in [2.24, 2.45) is 0 Å². The molecule has 1 aliphatic heterocycles. The number of urea groups is 1. The van der Waals surface area contributed by atoms with E-state index in [9.17, 15) is 4.79 Å². The fourth-order valence-corrected chi connectivity index (χ4v) is 3.26. The molecule has 126 valence electrons. The van der Waals surface area contributed by atoms with Crippen molar-refractivity contribution in [3.63, 3.8) is 0 Å². The van der Waals surface area contributed by atoms with Crippen LogP contribution in [0.4, 0.5) is 16.2 Å². The molecule has 24 heavy (non-hydrogen) atoms. The summed E-state index contributed by atoms with van der Waals surface area (Å²) < 4.78 is 0. The smallest absolute Gasteiger partial charge is 0.321 e. The summed E-state index contributed by atoms with van der Waals surface area (Å²) in [6.07, 6.45) is 0. The minimum absolute atomic E-state index is 0.0511. The molecule has 2 aromatic rings. The Hall–Kier alpha value is -2.20. The van der Waals surface area contributed by atoms with Gasteiger partial charge in [0.1, 0.15) is 0 Å². The number of nitrogens with zero attached hydrogens (tertiary/aromatic N) is 2. The third-order valence-electron chi connectivity index (χ3n) is 4.45. The standard InChI is InChI=1S/C19H22ClN3O/c1-14-5-3-4-6-18(14)22-9-11-23(12-10-22)19(24)21-17-8-7-16(20)13-15(17)2/h3-8,13H,9-12H2,1-2H3,(H,21,24). The normalized spacial score (nSPS) is 14.6. The summed E-state index contributed by atoms with van der Waals surface area (Å²) in [4.78, 5) is 16.7. The molecule has 0 bridgehead atoms. The molecule has 0 saturated carbocycles. The van der Waals surface area contributed by atoms with E-state index in [-0.39, 0.29) is 6.03 Å². The maximum atomic E-state index is 12.5. The molecule has 0 spiro atoms. The lowest BCUT2D eigenvalue weighted by molar-refractivity contribution is 0.208. The number of nitrogens with one attached hydrogen (secondary N) is 1. The van der Waals surface area contributed by atoms with E-state index in [0.717, 1.165) is 24.3 Å². The number of aryl methyl sites for hydroxylation is 2. The third kappa shape index (κ3) is 3.65. The fourth-order valence-electron chi connectivity index (χ4n) is 3.03. The van der Waals surface area contributed by atoms with Gasteiger partial charge >= 0.3 is 6.03 Å². The summed E-state index contributed by atoms with van der Waals surface area (Å²) in [7, 11) is 0. The van der Waals surface area contributed by atoms with Crippen molar-refractivity contribution in [2.45, 2.75) is 13.8 Å². The van der Waals surface area contributed by atoms with Gasteiger partial charge in [-0.3, -0.25) is 0 Å². The molecule has 4 nitrogen and oxygen atoms in total. The number of para-hydroxylation sites is 1. The van der Waals surface area contributed by atoms with E-state index in [2.05, 4.69) is 41.4 Å². The molecule has 0 atom stereocenters. The predicted octanol–water partition coefficient (Wildman–Crippen LogP) is 4.31. The Kier molecular flexibility index (Phi) is 4.95. The minimum atomic E-state index is -0.0511. The lowest BCUT2D eigenvalue weighted by Gasteiger charge is -2.36. The lowest BCUT2D eigenvalue weighted by atomic mass is 10.1. The van der Waals surface area contributed by atoms with Crippen molar-refractivity contribution in [3.05, 3.63) is 58.6 Å². The summed E-state index contributed by atoms with van der Waals surface area (Å²) >= 11 is 5.96. The monoisotopic (exact) mass is 343 g/mol. The van der Waals surface area contributed by atoms with Gasteiger partial charge in [-0.2, -0.15) is 0 Å². The van der Waals surface area contributed by atoms with E-state index in [0.29, 0.717) is 18.1 Å². The van der Waals surface area contributed by atoms with Crippen LogP contribution in [-0.4, -0.2) is 37.1 Å². The number of rotatable bonds is 2. The number of hydrogen-bond donors (Lipinski definition) is 1. The van der Waals surface area contributed by atoms with Gasteiger partial charge in [-0.05, 0) is 49.2 Å². The SMILES string of the molecule is Cc1cc(Cl)ccc1NC(=O)N1CCN(c2ccccc2C)CC1. The van der Waals surface area contributed by atoms with Gasteiger partial charge in [0.2, 0.25) is 0 Å². The first-order valence-electron chi connectivity index (χ1n) is 8.17. The molecule has 1 saturated heterocycles. The second-order valence-corrected chi connectivity index (χ2v) is 6.59. The van der Waals surface area contributed by atoms with Crippen LogP contribution in [-0.2, 0) is 0 Å². The van der Waals surface area contributed by atoms with Crippen molar-refractivity contribution in [1.82, 2.24) is 4.90 Å². The highest BCUT2D eigenvalue weighted by Gasteiger charge is 2.22. The average molecular weight is 344 g/mol. The van der Waals surface area contributed by atoms with Crippen molar-refractivity contribution >= 4 is 29.0 Å². The number of anilines is 2. The van der Waals surface area contributed by atoms with Crippen LogP contribution in [0, 0.1) is 13.8 Å². The zero-order valence-corrected chi connectivity index (χ0v) is 14.8. The van der Waals surface area contributed by atoms with Gasteiger partial charge < -0.3 is 15.1 Å². The highest BCUT2D eigenvalue weighted by Crippen LogP contribution is 2.22. The number of carbonyl (C=O) groups excluding carboxylic acids is 1. The molecule has 0 aliphatic carbocycles. The molecular weight excluding hydrogens is 322 g/mol. The Balaban J connectivity index is 1.60. The topological polar surface area (TPSA) is 35.6 Å². The van der Waals surface area contributed by atoms with E-state index < -0.39 is 0 Å². The van der Waals surface area contributed by atoms with E-state index >= 15 is 0 Å².